The van der Waals surface area contributed by atoms with E-state index in [9.17, 15) is 14.0 Å². The first kappa shape index (κ1) is 22.8. The molecule has 2 aromatic carbocycles. The molecule has 1 aromatic heterocycles. The van der Waals surface area contributed by atoms with Crippen LogP contribution >= 0.6 is 11.6 Å². The molecule has 33 heavy (non-hydrogen) atoms. The highest BCUT2D eigenvalue weighted by molar-refractivity contribution is 6.31. The van der Waals surface area contributed by atoms with E-state index >= 15 is 0 Å². The molecule has 0 radical (unpaired) electrons. The van der Waals surface area contributed by atoms with Gasteiger partial charge in [-0.05, 0) is 30.3 Å². The first-order valence-electron chi connectivity index (χ1n) is 10.5. The van der Waals surface area contributed by atoms with Crippen molar-refractivity contribution in [3.05, 3.63) is 70.1 Å². The Morgan fingerprint density at radius 3 is 2.67 bits per heavy atom. The number of aryl methyl sites for hydroxylation is 1. The van der Waals surface area contributed by atoms with Gasteiger partial charge < -0.3 is 15.5 Å². The number of nitrogens with one attached hydrogen (secondary N) is 2. The van der Waals surface area contributed by atoms with E-state index in [1.165, 1.54) is 12.1 Å². The van der Waals surface area contributed by atoms with E-state index in [4.69, 9.17) is 11.6 Å². The topological polar surface area (TPSA) is 79.3 Å². The quantitative estimate of drug-likeness (QED) is 0.578. The molecular formula is C24H25ClFN5O2. The summed E-state index contributed by atoms with van der Waals surface area (Å²) in [6.07, 6.45) is 1.69. The van der Waals surface area contributed by atoms with Crippen LogP contribution in [0, 0.1) is 11.2 Å². The predicted molar refractivity (Wildman–Crippen MR) is 126 cm³/mol. The van der Waals surface area contributed by atoms with Crippen molar-refractivity contribution in [2.24, 2.45) is 12.5 Å². The zero-order chi connectivity index (χ0) is 23.9. The normalized spacial score (nSPS) is 13.0. The molecule has 0 spiro atoms. The van der Waals surface area contributed by atoms with Crippen LogP contribution in [0.25, 0.3) is 0 Å². The van der Waals surface area contributed by atoms with Gasteiger partial charge in [-0.2, -0.15) is 5.10 Å². The van der Waals surface area contributed by atoms with Crippen LogP contribution in [0.1, 0.15) is 42.3 Å². The fraction of sp³-hybridized carbons (Fsp3) is 0.292. The number of carbonyl (C=O) groups is 2. The van der Waals surface area contributed by atoms with Gasteiger partial charge in [0, 0.05) is 40.7 Å². The molecule has 0 unspecified atom stereocenters. The van der Waals surface area contributed by atoms with Gasteiger partial charge in [0.1, 0.15) is 11.6 Å². The minimum absolute atomic E-state index is 0.0461. The summed E-state index contributed by atoms with van der Waals surface area (Å²) in [5.41, 5.74) is 2.03. The van der Waals surface area contributed by atoms with Crippen molar-refractivity contribution in [1.82, 2.24) is 15.1 Å². The monoisotopic (exact) mass is 469 g/mol. The average Bonchev–Trinajstić information content (AvgIpc) is 3.00. The zero-order valence-electron chi connectivity index (χ0n) is 18.9. The smallest absolute Gasteiger partial charge is 0.258 e. The van der Waals surface area contributed by atoms with Gasteiger partial charge in [0.2, 0.25) is 5.91 Å². The number of nitrogens with zero attached hydrogens (tertiary/aromatic N) is 3. The van der Waals surface area contributed by atoms with Crippen molar-refractivity contribution in [2.45, 2.75) is 33.9 Å². The third kappa shape index (κ3) is 4.57. The summed E-state index contributed by atoms with van der Waals surface area (Å²) < 4.78 is 16.5. The summed E-state index contributed by atoms with van der Waals surface area (Å²) in [4.78, 5) is 27.1. The fourth-order valence-corrected chi connectivity index (χ4v) is 3.76. The summed E-state index contributed by atoms with van der Waals surface area (Å²) in [6.45, 7) is 5.67. The van der Waals surface area contributed by atoms with Crippen molar-refractivity contribution in [2.75, 3.05) is 10.2 Å². The molecule has 2 amide bonds. The maximum absolute atomic E-state index is 14.8. The van der Waals surface area contributed by atoms with Crippen LogP contribution in [-0.2, 0) is 24.9 Å². The Morgan fingerprint density at radius 2 is 1.97 bits per heavy atom. The predicted octanol–water partition coefficient (Wildman–Crippen LogP) is 4.78. The van der Waals surface area contributed by atoms with E-state index in [0.717, 1.165) is 11.4 Å². The number of fused-ring (bicyclic) bond motifs is 2. The van der Waals surface area contributed by atoms with Gasteiger partial charge in [-0.3, -0.25) is 14.3 Å². The molecule has 0 bridgehead atoms. The van der Waals surface area contributed by atoms with Gasteiger partial charge >= 0.3 is 0 Å². The van der Waals surface area contributed by atoms with Crippen LogP contribution in [-0.4, -0.2) is 21.6 Å². The number of aromatic nitrogens is 2. The number of carbonyl (C=O) groups excluding carboxylic acids is 2. The van der Waals surface area contributed by atoms with E-state index in [1.54, 1.807) is 67.9 Å². The number of anilines is 3. The van der Waals surface area contributed by atoms with Crippen LogP contribution in [0.15, 0.2) is 42.6 Å². The van der Waals surface area contributed by atoms with Crippen molar-refractivity contribution in [1.29, 1.82) is 0 Å². The van der Waals surface area contributed by atoms with Crippen LogP contribution in [0.4, 0.5) is 21.6 Å². The minimum atomic E-state index is -0.575. The van der Waals surface area contributed by atoms with E-state index < -0.39 is 11.2 Å². The summed E-state index contributed by atoms with van der Waals surface area (Å²) in [7, 11) is 1.81. The Morgan fingerprint density at radius 1 is 1.21 bits per heavy atom. The summed E-state index contributed by atoms with van der Waals surface area (Å²) in [6, 6.07) is 9.51. The SMILES string of the molecule is Cn1ncc2c1Nc1cc(Cl)ccc1N(C(=O)c1ccc(CNC(=O)C(C)(C)C)c(F)c1)C2. The number of halogens is 2. The highest BCUT2D eigenvalue weighted by Crippen LogP contribution is 2.38. The second-order valence-corrected chi connectivity index (χ2v) is 9.50. The lowest BCUT2D eigenvalue weighted by molar-refractivity contribution is -0.128. The standard InChI is InChI=1S/C24H25ClFN5O2/c1-24(2,3)23(33)27-11-15-6-5-14(9-18(15)26)22(32)31-13-16-12-28-30(4)21(16)29-19-10-17(25)7-8-20(19)31/h5-10,12,29H,11,13H2,1-4H3,(H,27,33). The second-order valence-electron chi connectivity index (χ2n) is 9.06. The summed E-state index contributed by atoms with van der Waals surface area (Å²) in [5.74, 6) is -0.339. The van der Waals surface area contributed by atoms with Crippen molar-refractivity contribution in [3.63, 3.8) is 0 Å². The first-order chi connectivity index (χ1) is 15.5. The van der Waals surface area contributed by atoms with Crippen LogP contribution in [0.5, 0.6) is 0 Å². The number of hydrogen-bond acceptors (Lipinski definition) is 4. The first-order valence-corrected chi connectivity index (χ1v) is 10.9. The lowest BCUT2D eigenvalue weighted by atomic mass is 9.95. The molecule has 1 aliphatic heterocycles. The van der Waals surface area contributed by atoms with Crippen LogP contribution in [0.2, 0.25) is 5.02 Å². The maximum atomic E-state index is 14.8. The van der Waals surface area contributed by atoms with Gasteiger partial charge in [-0.1, -0.05) is 38.4 Å². The molecule has 2 N–H and O–H groups in total. The van der Waals surface area contributed by atoms with Crippen molar-refractivity contribution >= 4 is 40.6 Å². The molecule has 1 aliphatic rings. The molecule has 9 heteroatoms. The molecule has 0 aliphatic carbocycles. The lowest BCUT2D eigenvalue weighted by Gasteiger charge is -2.23. The minimum Gasteiger partial charge on any atom is -0.351 e. The van der Waals surface area contributed by atoms with E-state index in [1.807, 2.05) is 0 Å². The number of rotatable bonds is 3. The molecule has 4 rings (SSSR count). The number of hydrogen-bond donors (Lipinski definition) is 2. The van der Waals surface area contributed by atoms with Crippen molar-refractivity contribution in [3.8, 4) is 0 Å². The Hall–Kier alpha value is -3.39. The Balaban J connectivity index is 1.63. The van der Waals surface area contributed by atoms with E-state index in [0.29, 0.717) is 22.0 Å². The molecule has 2 heterocycles. The Kier molecular flexibility index (Phi) is 5.88. The molecule has 0 fully saturated rings. The Labute approximate surface area is 196 Å². The lowest BCUT2D eigenvalue weighted by Crippen LogP contribution is -2.34. The van der Waals surface area contributed by atoms with Gasteiger partial charge in [-0.25, -0.2) is 4.39 Å². The molecule has 3 aromatic rings. The third-order valence-corrected chi connectivity index (χ3v) is 5.75. The van der Waals surface area contributed by atoms with E-state index in [2.05, 4.69) is 15.7 Å². The van der Waals surface area contributed by atoms with Gasteiger partial charge in [0.25, 0.3) is 5.91 Å². The van der Waals surface area contributed by atoms with Crippen LogP contribution in [0.3, 0.4) is 0 Å². The fourth-order valence-electron chi connectivity index (χ4n) is 3.59. The molecule has 0 saturated heterocycles. The van der Waals surface area contributed by atoms with Gasteiger partial charge in [-0.15, -0.1) is 0 Å². The Bertz CT molecular complexity index is 1250. The van der Waals surface area contributed by atoms with Gasteiger partial charge in [0.15, 0.2) is 0 Å². The number of amides is 2. The molecular weight excluding hydrogens is 445 g/mol. The number of benzene rings is 2. The summed E-state index contributed by atoms with van der Waals surface area (Å²) >= 11 is 6.19. The van der Waals surface area contributed by atoms with Gasteiger partial charge in [0.05, 0.1) is 24.1 Å². The van der Waals surface area contributed by atoms with Crippen molar-refractivity contribution < 1.29 is 14.0 Å². The maximum Gasteiger partial charge on any atom is 0.258 e. The van der Waals surface area contributed by atoms with Crippen LogP contribution < -0.4 is 15.5 Å². The average molecular weight is 470 g/mol. The highest BCUT2D eigenvalue weighted by atomic mass is 35.5. The molecule has 0 atom stereocenters. The molecule has 0 saturated carbocycles. The molecule has 172 valence electrons. The largest absolute Gasteiger partial charge is 0.351 e. The second kappa shape index (κ2) is 8.51. The third-order valence-electron chi connectivity index (χ3n) is 5.51. The zero-order valence-corrected chi connectivity index (χ0v) is 19.6. The summed E-state index contributed by atoms with van der Waals surface area (Å²) in [5, 5.41) is 10.8. The molecule has 7 nitrogen and oxygen atoms in total. The highest BCUT2D eigenvalue weighted by Gasteiger charge is 2.28. The van der Waals surface area contributed by atoms with E-state index in [-0.39, 0.29) is 30.5 Å².